The zero-order valence-electron chi connectivity index (χ0n) is 22.2. The van der Waals surface area contributed by atoms with Gasteiger partial charge in [-0.1, -0.05) is 24.3 Å². The maximum absolute atomic E-state index is 5.81. The van der Waals surface area contributed by atoms with Crippen LogP contribution in [0.15, 0.2) is 101 Å². The Kier molecular flexibility index (Phi) is 8.38. The molecule has 4 aliphatic rings. The molecule has 4 aliphatic heterocycles. The third kappa shape index (κ3) is 7.36. The fraction of sp³-hybridized carbons (Fsp3) is 0.300. The van der Waals surface area contributed by atoms with Crippen LogP contribution in [-0.4, -0.2) is 42.9 Å². The molecule has 2 unspecified atom stereocenters. The van der Waals surface area contributed by atoms with Crippen LogP contribution in [0.4, 0.5) is 11.4 Å². The van der Waals surface area contributed by atoms with Gasteiger partial charge >= 0.3 is 0 Å². The molecule has 10 N–H and O–H groups in total. The number of anilines is 2. The van der Waals surface area contributed by atoms with Crippen LogP contribution in [-0.2, 0) is 12.8 Å². The first-order valence-corrected chi connectivity index (χ1v) is 13.6. The van der Waals surface area contributed by atoms with Crippen molar-refractivity contribution in [1.82, 2.24) is 26.3 Å². The summed E-state index contributed by atoms with van der Waals surface area (Å²) in [7, 11) is 0. The molecule has 0 aliphatic carbocycles. The quantitative estimate of drug-likeness (QED) is 0.238. The van der Waals surface area contributed by atoms with Gasteiger partial charge in [-0.3, -0.25) is 4.99 Å². The number of nitrogens with zero attached hydrogens (tertiary/aromatic N) is 2. The van der Waals surface area contributed by atoms with Crippen molar-refractivity contribution < 1.29 is 0 Å². The van der Waals surface area contributed by atoms with Crippen LogP contribution in [0.25, 0.3) is 0 Å². The van der Waals surface area contributed by atoms with E-state index in [1.165, 1.54) is 22.5 Å². The summed E-state index contributed by atoms with van der Waals surface area (Å²) in [6.07, 6.45) is 13.5. The number of hydrogen-bond donors (Lipinski definition) is 7. The highest BCUT2D eigenvalue weighted by molar-refractivity contribution is 5.64. The van der Waals surface area contributed by atoms with E-state index in [1.54, 1.807) is 5.01 Å². The van der Waals surface area contributed by atoms with Gasteiger partial charge in [0.05, 0.1) is 11.4 Å². The lowest BCUT2D eigenvalue weighted by Gasteiger charge is -2.29. The number of nitrogens with one attached hydrogen (secondary N) is 4. The van der Waals surface area contributed by atoms with Crippen molar-refractivity contribution in [3.8, 4) is 0 Å². The Morgan fingerprint density at radius 2 is 1.33 bits per heavy atom. The molecule has 0 saturated carbocycles. The summed E-state index contributed by atoms with van der Waals surface area (Å²) in [5, 5.41) is 15.9. The molecule has 4 heterocycles. The van der Waals surface area contributed by atoms with Crippen LogP contribution < -0.4 is 38.6 Å². The molecule has 9 heteroatoms. The number of hydrogen-bond acceptors (Lipinski definition) is 9. The fourth-order valence-electron chi connectivity index (χ4n) is 5.06. The number of aliphatic imine (C=N–C) groups is 1. The summed E-state index contributed by atoms with van der Waals surface area (Å²) < 4.78 is 0. The monoisotopic (exact) mass is 525 g/mol. The second-order valence-corrected chi connectivity index (χ2v) is 10.3. The summed E-state index contributed by atoms with van der Waals surface area (Å²) in [4.78, 5) is 4.17. The molecular formula is C30H39N9. The smallest absolute Gasteiger partial charge is 0.0553 e. The standard InChI is InChI=1S/C15H21N5.C15H18N4/c16-12-3-1-11(2-4-12)9-13-10-18-14-5-7-20(17)8-6-15(14)19-13;16-12-3-1-11(2-4-12)9-13-10-18-14-5-7-17-8-6-15(14)19-13/h1-5,7,13,18-19H,6,8-10,16-17H2;1-5,7-8,13,18-19H,6,9-10,16H2. The minimum Gasteiger partial charge on any atom is -0.399 e. The Labute approximate surface area is 230 Å². The van der Waals surface area contributed by atoms with Gasteiger partial charge in [0, 0.05) is 85.9 Å². The van der Waals surface area contributed by atoms with E-state index >= 15 is 0 Å². The predicted molar refractivity (Wildman–Crippen MR) is 160 cm³/mol. The van der Waals surface area contributed by atoms with Crippen LogP contribution in [0.3, 0.4) is 0 Å². The number of hydrazine groups is 1. The van der Waals surface area contributed by atoms with Crippen molar-refractivity contribution in [3.05, 3.63) is 107 Å². The molecule has 2 atom stereocenters. The van der Waals surface area contributed by atoms with Gasteiger partial charge in [0.2, 0.25) is 0 Å². The Bertz CT molecular complexity index is 1270. The van der Waals surface area contributed by atoms with E-state index in [0.29, 0.717) is 12.1 Å². The summed E-state index contributed by atoms with van der Waals surface area (Å²) in [5.74, 6) is 5.81. The van der Waals surface area contributed by atoms with Crippen molar-refractivity contribution in [2.24, 2.45) is 10.8 Å². The molecule has 2 aromatic carbocycles. The first kappa shape index (κ1) is 26.2. The molecule has 0 bridgehead atoms. The lowest BCUT2D eigenvalue weighted by atomic mass is 10.0. The van der Waals surface area contributed by atoms with Gasteiger partial charge < -0.3 is 37.7 Å². The Balaban J connectivity index is 0.000000158. The zero-order valence-corrected chi connectivity index (χ0v) is 22.2. The minimum atomic E-state index is 0.398. The number of nitrogen functional groups attached to an aromatic ring is 2. The Hall–Kier alpha value is -4.37. The van der Waals surface area contributed by atoms with Gasteiger partial charge in [-0.25, -0.2) is 5.84 Å². The van der Waals surface area contributed by atoms with Crippen molar-refractivity contribution in [3.63, 3.8) is 0 Å². The largest absolute Gasteiger partial charge is 0.399 e. The van der Waals surface area contributed by atoms with Crippen LogP contribution >= 0.6 is 0 Å². The third-order valence-corrected chi connectivity index (χ3v) is 7.19. The SMILES string of the molecule is Nc1ccc(CC2CNC3=C(CC=NC=C3)N2)cc1.Nc1ccc(CC2CNC3=C(CCN(N)C=C3)N2)cc1. The van der Waals surface area contributed by atoms with Gasteiger partial charge in [-0.15, -0.1) is 0 Å². The second-order valence-electron chi connectivity index (χ2n) is 10.3. The van der Waals surface area contributed by atoms with Crippen LogP contribution in [0.5, 0.6) is 0 Å². The number of benzene rings is 2. The van der Waals surface area contributed by atoms with E-state index in [-0.39, 0.29) is 0 Å². The van der Waals surface area contributed by atoms with Crippen LogP contribution in [0.1, 0.15) is 24.0 Å². The summed E-state index contributed by atoms with van der Waals surface area (Å²) in [6.45, 7) is 2.67. The number of nitrogens with two attached hydrogens (primary N) is 3. The Morgan fingerprint density at radius 1 is 0.769 bits per heavy atom. The van der Waals surface area contributed by atoms with Crippen molar-refractivity contribution >= 4 is 17.6 Å². The van der Waals surface area contributed by atoms with Gasteiger partial charge in [-0.05, 0) is 60.4 Å². The average Bonchev–Trinajstić information content (AvgIpc) is 3.29. The maximum Gasteiger partial charge on any atom is 0.0553 e. The van der Waals surface area contributed by atoms with Gasteiger partial charge in [0.1, 0.15) is 0 Å². The normalized spacial score (nSPS) is 21.6. The van der Waals surface area contributed by atoms with E-state index in [2.05, 4.69) is 50.5 Å². The number of allylic oxidation sites excluding steroid dienone is 3. The predicted octanol–water partition coefficient (Wildman–Crippen LogP) is 2.25. The molecule has 0 spiro atoms. The molecule has 204 valence electrons. The van der Waals surface area contributed by atoms with E-state index in [9.17, 15) is 0 Å². The van der Waals surface area contributed by atoms with Gasteiger partial charge in [0.25, 0.3) is 0 Å². The molecule has 0 saturated heterocycles. The summed E-state index contributed by atoms with van der Waals surface area (Å²) in [5.41, 5.74) is 20.4. The second kappa shape index (κ2) is 12.4. The molecular weight excluding hydrogens is 486 g/mol. The van der Waals surface area contributed by atoms with Gasteiger partial charge in [0.15, 0.2) is 0 Å². The highest BCUT2D eigenvalue weighted by Gasteiger charge is 2.21. The lowest BCUT2D eigenvalue weighted by Crippen LogP contribution is -2.45. The molecule has 2 aromatic rings. The van der Waals surface area contributed by atoms with Crippen molar-refractivity contribution in [2.75, 3.05) is 31.1 Å². The lowest BCUT2D eigenvalue weighted by molar-refractivity contribution is 0.391. The molecule has 0 aromatic heterocycles. The molecule has 9 nitrogen and oxygen atoms in total. The summed E-state index contributed by atoms with van der Waals surface area (Å²) >= 11 is 0. The first-order chi connectivity index (χ1) is 19.0. The molecule has 39 heavy (non-hydrogen) atoms. The van der Waals surface area contributed by atoms with Crippen molar-refractivity contribution in [2.45, 2.75) is 37.8 Å². The van der Waals surface area contributed by atoms with E-state index < -0.39 is 0 Å². The topological polar surface area (TPSA) is 142 Å². The zero-order chi connectivity index (χ0) is 27.0. The molecule has 0 fully saturated rings. The van der Waals surface area contributed by atoms with E-state index in [0.717, 1.165) is 68.1 Å². The van der Waals surface area contributed by atoms with E-state index in [4.69, 9.17) is 17.3 Å². The first-order valence-electron chi connectivity index (χ1n) is 13.6. The highest BCUT2D eigenvalue weighted by Crippen LogP contribution is 2.18. The van der Waals surface area contributed by atoms with Crippen LogP contribution in [0.2, 0.25) is 0 Å². The van der Waals surface area contributed by atoms with E-state index in [1.807, 2.05) is 55.0 Å². The molecule has 0 radical (unpaired) electrons. The molecule has 6 rings (SSSR count). The van der Waals surface area contributed by atoms with Gasteiger partial charge in [-0.2, -0.15) is 0 Å². The minimum absolute atomic E-state index is 0.398. The fourth-order valence-corrected chi connectivity index (χ4v) is 5.06. The average molecular weight is 526 g/mol. The van der Waals surface area contributed by atoms with Crippen LogP contribution in [0, 0.1) is 0 Å². The number of rotatable bonds is 4. The maximum atomic E-state index is 5.81. The van der Waals surface area contributed by atoms with Crippen molar-refractivity contribution in [1.29, 1.82) is 0 Å². The summed E-state index contributed by atoms with van der Waals surface area (Å²) in [6, 6.07) is 17.0. The highest BCUT2D eigenvalue weighted by atomic mass is 15.4. The Morgan fingerprint density at radius 3 is 1.95 bits per heavy atom. The molecule has 0 amide bonds. The third-order valence-electron chi connectivity index (χ3n) is 7.19.